The van der Waals surface area contributed by atoms with Crippen molar-refractivity contribution in [2.45, 2.75) is 18.8 Å². The number of hydrogen-bond donors (Lipinski definition) is 1. The Morgan fingerprint density at radius 2 is 2.05 bits per heavy atom. The molecule has 1 fully saturated rings. The van der Waals surface area contributed by atoms with E-state index in [0.717, 1.165) is 0 Å². The first-order chi connectivity index (χ1) is 9.15. The highest BCUT2D eigenvalue weighted by atomic mass is 16.7. The number of esters is 1. The molecule has 0 saturated carbocycles. The van der Waals surface area contributed by atoms with Gasteiger partial charge in [-0.1, -0.05) is 18.2 Å². The number of carboxylic acids is 1. The Labute approximate surface area is 109 Å². The summed E-state index contributed by atoms with van der Waals surface area (Å²) in [4.78, 5) is 22.1. The zero-order chi connectivity index (χ0) is 13.7. The van der Waals surface area contributed by atoms with Crippen molar-refractivity contribution < 1.29 is 28.9 Å². The van der Waals surface area contributed by atoms with Gasteiger partial charge in [0, 0.05) is 0 Å². The molecule has 1 aromatic carbocycles. The van der Waals surface area contributed by atoms with Crippen molar-refractivity contribution in [3.8, 4) is 0 Å². The normalized spacial score (nSPS) is 22.1. The van der Waals surface area contributed by atoms with Gasteiger partial charge < -0.3 is 19.3 Å². The molecule has 1 saturated heterocycles. The van der Waals surface area contributed by atoms with E-state index in [-0.39, 0.29) is 19.6 Å². The lowest BCUT2D eigenvalue weighted by molar-refractivity contribution is -0.141. The van der Waals surface area contributed by atoms with Crippen molar-refractivity contribution in [1.29, 1.82) is 0 Å². The van der Waals surface area contributed by atoms with Gasteiger partial charge in [0.2, 0.25) is 0 Å². The lowest BCUT2D eigenvalue weighted by Crippen LogP contribution is -2.21. The van der Waals surface area contributed by atoms with E-state index >= 15 is 0 Å². The van der Waals surface area contributed by atoms with Gasteiger partial charge in [0.1, 0.15) is 6.61 Å². The van der Waals surface area contributed by atoms with Gasteiger partial charge in [-0.2, -0.15) is 0 Å². The van der Waals surface area contributed by atoms with Crippen LogP contribution in [0.25, 0.3) is 0 Å². The minimum Gasteiger partial charge on any atom is -0.481 e. The zero-order valence-corrected chi connectivity index (χ0v) is 10.2. The van der Waals surface area contributed by atoms with E-state index in [9.17, 15) is 9.59 Å². The second-order valence-electron chi connectivity index (χ2n) is 4.08. The molecule has 102 valence electrons. The summed E-state index contributed by atoms with van der Waals surface area (Å²) in [7, 11) is 0. The Hall–Kier alpha value is -1.92. The standard InChI is InChI=1S/C13H14O6/c14-11(15)6-10-7-17-12(19-10)8-18-13(16)9-4-2-1-3-5-9/h1-5,10,12H,6-8H2,(H,14,15)/t10-,12?/m1/s1. The third-order valence-corrected chi connectivity index (χ3v) is 2.57. The number of benzene rings is 1. The number of ether oxygens (including phenoxy) is 3. The first-order valence-electron chi connectivity index (χ1n) is 5.86. The van der Waals surface area contributed by atoms with Crippen molar-refractivity contribution in [2.75, 3.05) is 13.2 Å². The lowest BCUT2D eigenvalue weighted by Gasteiger charge is -2.11. The average Bonchev–Trinajstić information content (AvgIpc) is 2.84. The molecule has 1 N–H and O–H groups in total. The maximum atomic E-state index is 11.6. The molecule has 2 rings (SSSR count). The summed E-state index contributed by atoms with van der Waals surface area (Å²) in [6.45, 7) is 0.143. The molecule has 1 aliphatic heterocycles. The summed E-state index contributed by atoms with van der Waals surface area (Å²) in [5, 5.41) is 8.61. The van der Waals surface area contributed by atoms with Gasteiger partial charge in [0.25, 0.3) is 0 Å². The van der Waals surface area contributed by atoms with Crippen LogP contribution in [0.1, 0.15) is 16.8 Å². The molecular formula is C13H14O6. The Balaban J connectivity index is 1.75. The molecule has 1 unspecified atom stereocenters. The minimum absolute atomic E-state index is 0.0517. The van der Waals surface area contributed by atoms with Crippen molar-refractivity contribution in [2.24, 2.45) is 0 Å². The topological polar surface area (TPSA) is 82.1 Å². The van der Waals surface area contributed by atoms with Crippen LogP contribution in [0.3, 0.4) is 0 Å². The molecule has 2 atom stereocenters. The van der Waals surface area contributed by atoms with E-state index in [1.165, 1.54) is 0 Å². The minimum atomic E-state index is -0.949. The van der Waals surface area contributed by atoms with Gasteiger partial charge in [-0.15, -0.1) is 0 Å². The molecule has 6 heteroatoms. The Morgan fingerprint density at radius 3 is 2.74 bits per heavy atom. The average molecular weight is 266 g/mol. The first kappa shape index (κ1) is 13.5. The molecule has 0 amide bonds. The number of carbonyl (C=O) groups is 2. The van der Waals surface area contributed by atoms with E-state index in [1.54, 1.807) is 30.3 Å². The van der Waals surface area contributed by atoms with E-state index in [2.05, 4.69) is 0 Å². The summed E-state index contributed by atoms with van der Waals surface area (Å²) in [6.07, 6.45) is -1.31. The largest absolute Gasteiger partial charge is 0.481 e. The Bertz CT molecular complexity index is 444. The highest BCUT2D eigenvalue weighted by molar-refractivity contribution is 5.89. The van der Waals surface area contributed by atoms with Gasteiger partial charge in [-0.3, -0.25) is 4.79 Å². The van der Waals surface area contributed by atoms with Crippen LogP contribution in [0.15, 0.2) is 30.3 Å². The fourth-order valence-corrected chi connectivity index (χ4v) is 1.70. The fraction of sp³-hybridized carbons (Fsp3) is 0.385. The summed E-state index contributed by atoms with van der Waals surface area (Å²) in [6, 6.07) is 8.57. The second kappa shape index (κ2) is 6.31. The quantitative estimate of drug-likeness (QED) is 0.802. The highest BCUT2D eigenvalue weighted by Gasteiger charge is 2.28. The third-order valence-electron chi connectivity index (χ3n) is 2.57. The van der Waals surface area contributed by atoms with Crippen LogP contribution < -0.4 is 0 Å². The maximum absolute atomic E-state index is 11.6. The Morgan fingerprint density at radius 1 is 1.32 bits per heavy atom. The first-order valence-corrected chi connectivity index (χ1v) is 5.86. The second-order valence-corrected chi connectivity index (χ2v) is 4.08. The lowest BCUT2D eigenvalue weighted by atomic mass is 10.2. The summed E-state index contributed by atoms with van der Waals surface area (Å²) < 4.78 is 15.5. The van der Waals surface area contributed by atoms with Crippen LogP contribution >= 0.6 is 0 Å². The molecule has 1 heterocycles. The molecule has 0 bridgehead atoms. The van der Waals surface area contributed by atoms with Crippen LogP contribution in [0.4, 0.5) is 0 Å². The van der Waals surface area contributed by atoms with Gasteiger partial charge in [0.15, 0.2) is 6.29 Å². The van der Waals surface area contributed by atoms with Gasteiger partial charge >= 0.3 is 11.9 Å². The molecule has 19 heavy (non-hydrogen) atoms. The van der Waals surface area contributed by atoms with Gasteiger partial charge in [-0.05, 0) is 12.1 Å². The van der Waals surface area contributed by atoms with Crippen LogP contribution in [-0.4, -0.2) is 42.7 Å². The molecule has 0 aliphatic carbocycles. The predicted octanol–water partition coefficient (Wildman–Crippen LogP) is 1.06. The number of hydrogen-bond acceptors (Lipinski definition) is 5. The van der Waals surface area contributed by atoms with Crippen LogP contribution in [-0.2, 0) is 19.0 Å². The molecule has 1 aromatic rings. The highest BCUT2D eigenvalue weighted by Crippen LogP contribution is 2.15. The summed E-state index contributed by atoms with van der Waals surface area (Å²) in [5.74, 6) is -1.41. The summed E-state index contributed by atoms with van der Waals surface area (Å²) >= 11 is 0. The molecule has 0 spiro atoms. The van der Waals surface area contributed by atoms with Crippen molar-refractivity contribution in [3.05, 3.63) is 35.9 Å². The van der Waals surface area contributed by atoms with E-state index in [4.69, 9.17) is 19.3 Å². The molecule has 0 radical (unpaired) electrons. The third kappa shape index (κ3) is 4.04. The molecule has 0 aromatic heterocycles. The monoisotopic (exact) mass is 266 g/mol. The van der Waals surface area contributed by atoms with Gasteiger partial charge in [-0.25, -0.2) is 4.79 Å². The fourth-order valence-electron chi connectivity index (χ4n) is 1.70. The van der Waals surface area contributed by atoms with E-state index in [0.29, 0.717) is 5.56 Å². The van der Waals surface area contributed by atoms with Crippen LogP contribution in [0, 0.1) is 0 Å². The smallest absolute Gasteiger partial charge is 0.338 e. The predicted molar refractivity (Wildman–Crippen MR) is 63.6 cm³/mol. The van der Waals surface area contributed by atoms with Gasteiger partial charge in [0.05, 0.1) is 24.7 Å². The number of aliphatic carboxylic acids is 1. The van der Waals surface area contributed by atoms with Crippen molar-refractivity contribution in [3.63, 3.8) is 0 Å². The summed E-state index contributed by atoms with van der Waals surface area (Å²) in [5.41, 5.74) is 0.447. The van der Waals surface area contributed by atoms with Crippen molar-refractivity contribution in [1.82, 2.24) is 0 Å². The molecule has 1 aliphatic rings. The number of rotatable bonds is 5. The number of carbonyl (C=O) groups excluding carboxylic acids is 1. The zero-order valence-electron chi connectivity index (χ0n) is 10.2. The van der Waals surface area contributed by atoms with Crippen molar-refractivity contribution >= 4 is 11.9 Å². The van der Waals surface area contributed by atoms with E-state index < -0.39 is 24.3 Å². The van der Waals surface area contributed by atoms with Crippen LogP contribution in [0.5, 0.6) is 0 Å². The van der Waals surface area contributed by atoms with Crippen LogP contribution in [0.2, 0.25) is 0 Å². The molecule has 6 nitrogen and oxygen atoms in total. The SMILES string of the molecule is O=C(O)C[C@@H]1COC(COC(=O)c2ccccc2)O1. The Kier molecular flexibility index (Phi) is 4.48. The maximum Gasteiger partial charge on any atom is 0.338 e. The molecular weight excluding hydrogens is 252 g/mol. The number of carboxylic acid groups (broad SMARTS) is 1. The van der Waals surface area contributed by atoms with E-state index in [1.807, 2.05) is 0 Å².